The van der Waals surface area contributed by atoms with Gasteiger partial charge in [-0.2, -0.15) is 0 Å². The van der Waals surface area contributed by atoms with Gasteiger partial charge in [0.05, 0.1) is 0 Å². The standard InChI is InChI=1S/C15H23ClFN/c1-4-8-18-11-15(3,5-2)10-12-6-7-13(16)9-14(12)17/h6-7,9,18H,4-5,8,10-11H2,1-3H3. The molecule has 1 N–H and O–H groups in total. The molecule has 1 rings (SSSR count). The molecule has 0 bridgehead atoms. The van der Waals surface area contributed by atoms with E-state index in [1.165, 1.54) is 6.07 Å². The Kier molecular flexibility index (Phi) is 6.10. The van der Waals surface area contributed by atoms with Crippen molar-refractivity contribution in [2.75, 3.05) is 13.1 Å². The van der Waals surface area contributed by atoms with Gasteiger partial charge in [0.1, 0.15) is 5.82 Å². The zero-order chi connectivity index (χ0) is 13.6. The van der Waals surface area contributed by atoms with Crippen molar-refractivity contribution in [2.45, 2.75) is 40.0 Å². The SMILES string of the molecule is CCCNCC(C)(CC)Cc1ccc(Cl)cc1F. The van der Waals surface area contributed by atoms with Crippen LogP contribution in [-0.2, 0) is 6.42 Å². The van der Waals surface area contributed by atoms with Gasteiger partial charge in [0.25, 0.3) is 0 Å². The van der Waals surface area contributed by atoms with Crippen molar-refractivity contribution < 1.29 is 4.39 Å². The zero-order valence-corrected chi connectivity index (χ0v) is 12.3. The van der Waals surface area contributed by atoms with Gasteiger partial charge in [-0.1, -0.05) is 38.4 Å². The fraction of sp³-hybridized carbons (Fsp3) is 0.600. The van der Waals surface area contributed by atoms with E-state index >= 15 is 0 Å². The molecule has 0 heterocycles. The third-order valence-corrected chi connectivity index (χ3v) is 3.70. The highest BCUT2D eigenvalue weighted by Gasteiger charge is 2.23. The van der Waals surface area contributed by atoms with Crippen molar-refractivity contribution in [3.8, 4) is 0 Å². The summed E-state index contributed by atoms with van der Waals surface area (Å²) >= 11 is 5.77. The Morgan fingerprint density at radius 1 is 1.33 bits per heavy atom. The van der Waals surface area contributed by atoms with Crippen LogP contribution >= 0.6 is 11.6 Å². The molecule has 1 aromatic carbocycles. The molecular weight excluding hydrogens is 249 g/mol. The van der Waals surface area contributed by atoms with E-state index in [9.17, 15) is 4.39 Å². The molecule has 0 fully saturated rings. The van der Waals surface area contributed by atoms with Gasteiger partial charge in [-0.05, 0) is 48.9 Å². The highest BCUT2D eigenvalue weighted by molar-refractivity contribution is 6.30. The molecule has 1 aromatic rings. The quantitative estimate of drug-likeness (QED) is 0.723. The highest BCUT2D eigenvalue weighted by atomic mass is 35.5. The number of halogens is 2. The molecule has 102 valence electrons. The van der Waals surface area contributed by atoms with Crippen LogP contribution in [-0.4, -0.2) is 13.1 Å². The lowest BCUT2D eigenvalue weighted by Gasteiger charge is -2.29. The molecule has 1 atom stereocenters. The summed E-state index contributed by atoms with van der Waals surface area (Å²) in [6, 6.07) is 4.95. The molecule has 0 spiro atoms. The normalized spacial score (nSPS) is 14.5. The Hall–Kier alpha value is -0.600. The lowest BCUT2D eigenvalue weighted by atomic mass is 9.81. The Balaban J connectivity index is 2.71. The number of hydrogen-bond acceptors (Lipinski definition) is 1. The molecule has 0 aliphatic heterocycles. The topological polar surface area (TPSA) is 12.0 Å². The summed E-state index contributed by atoms with van der Waals surface area (Å²) in [5.74, 6) is -0.197. The molecule has 0 saturated heterocycles. The van der Waals surface area contributed by atoms with Gasteiger partial charge in [-0.15, -0.1) is 0 Å². The average molecular weight is 272 g/mol. The van der Waals surface area contributed by atoms with E-state index in [1.807, 2.05) is 0 Å². The molecule has 0 saturated carbocycles. The second-order valence-electron chi connectivity index (χ2n) is 5.25. The van der Waals surface area contributed by atoms with Crippen LogP contribution in [0.5, 0.6) is 0 Å². The highest BCUT2D eigenvalue weighted by Crippen LogP contribution is 2.28. The first-order chi connectivity index (χ1) is 8.50. The first-order valence-corrected chi connectivity index (χ1v) is 7.03. The van der Waals surface area contributed by atoms with Gasteiger partial charge in [-0.25, -0.2) is 4.39 Å². The molecule has 18 heavy (non-hydrogen) atoms. The summed E-state index contributed by atoms with van der Waals surface area (Å²) in [5.41, 5.74) is 0.839. The fourth-order valence-corrected chi connectivity index (χ4v) is 2.16. The monoisotopic (exact) mass is 271 g/mol. The first-order valence-electron chi connectivity index (χ1n) is 6.65. The Morgan fingerprint density at radius 2 is 2.06 bits per heavy atom. The zero-order valence-electron chi connectivity index (χ0n) is 11.5. The summed E-state index contributed by atoms with van der Waals surface area (Å²) in [6.45, 7) is 8.43. The average Bonchev–Trinajstić information content (AvgIpc) is 2.33. The Labute approximate surface area is 115 Å². The summed E-state index contributed by atoms with van der Waals surface area (Å²) in [5, 5.41) is 3.89. The minimum atomic E-state index is -0.197. The smallest absolute Gasteiger partial charge is 0.127 e. The third kappa shape index (κ3) is 4.58. The summed E-state index contributed by atoms with van der Waals surface area (Å²) < 4.78 is 13.8. The van der Waals surface area contributed by atoms with E-state index in [2.05, 4.69) is 26.1 Å². The van der Waals surface area contributed by atoms with E-state index in [-0.39, 0.29) is 11.2 Å². The lowest BCUT2D eigenvalue weighted by Crippen LogP contribution is -2.33. The number of nitrogens with one attached hydrogen (secondary N) is 1. The molecule has 0 amide bonds. The van der Waals surface area contributed by atoms with E-state index in [1.54, 1.807) is 12.1 Å². The van der Waals surface area contributed by atoms with Crippen LogP contribution in [0, 0.1) is 11.2 Å². The fourth-order valence-electron chi connectivity index (χ4n) is 2.00. The maximum Gasteiger partial charge on any atom is 0.127 e. The second-order valence-corrected chi connectivity index (χ2v) is 5.69. The molecule has 0 aliphatic carbocycles. The maximum absolute atomic E-state index is 13.8. The van der Waals surface area contributed by atoms with Gasteiger partial charge in [-0.3, -0.25) is 0 Å². The van der Waals surface area contributed by atoms with Crippen LogP contribution in [0.1, 0.15) is 39.2 Å². The molecule has 0 radical (unpaired) electrons. The van der Waals surface area contributed by atoms with E-state index in [0.29, 0.717) is 5.02 Å². The molecule has 0 aromatic heterocycles. The second kappa shape index (κ2) is 7.10. The van der Waals surface area contributed by atoms with Gasteiger partial charge >= 0.3 is 0 Å². The van der Waals surface area contributed by atoms with Crippen LogP contribution in [0.15, 0.2) is 18.2 Å². The van der Waals surface area contributed by atoms with Crippen molar-refractivity contribution in [2.24, 2.45) is 5.41 Å². The van der Waals surface area contributed by atoms with Crippen molar-refractivity contribution in [3.05, 3.63) is 34.6 Å². The van der Waals surface area contributed by atoms with Crippen LogP contribution < -0.4 is 5.32 Å². The largest absolute Gasteiger partial charge is 0.316 e. The van der Waals surface area contributed by atoms with E-state index < -0.39 is 0 Å². The number of benzene rings is 1. The lowest BCUT2D eigenvalue weighted by molar-refractivity contribution is 0.287. The minimum Gasteiger partial charge on any atom is -0.316 e. The maximum atomic E-state index is 13.8. The number of rotatable bonds is 7. The van der Waals surface area contributed by atoms with Crippen LogP contribution in [0.25, 0.3) is 0 Å². The predicted octanol–water partition coefficient (Wildman–Crippen LogP) is 4.44. The number of hydrogen-bond donors (Lipinski definition) is 1. The van der Waals surface area contributed by atoms with Gasteiger partial charge in [0, 0.05) is 11.6 Å². The molecule has 1 nitrogen and oxygen atoms in total. The molecular formula is C15H23ClFN. The van der Waals surface area contributed by atoms with Crippen LogP contribution in [0.4, 0.5) is 4.39 Å². The van der Waals surface area contributed by atoms with E-state index in [4.69, 9.17) is 11.6 Å². The van der Waals surface area contributed by atoms with Crippen molar-refractivity contribution >= 4 is 11.6 Å². The molecule has 1 unspecified atom stereocenters. The Bertz CT molecular complexity index is 381. The Morgan fingerprint density at radius 3 is 2.61 bits per heavy atom. The summed E-state index contributed by atoms with van der Waals surface area (Å²) in [4.78, 5) is 0. The first kappa shape index (κ1) is 15.5. The predicted molar refractivity (Wildman–Crippen MR) is 76.7 cm³/mol. The third-order valence-electron chi connectivity index (χ3n) is 3.46. The van der Waals surface area contributed by atoms with Gasteiger partial charge in [0.15, 0.2) is 0 Å². The van der Waals surface area contributed by atoms with Crippen molar-refractivity contribution in [1.29, 1.82) is 0 Å². The van der Waals surface area contributed by atoms with E-state index in [0.717, 1.165) is 37.9 Å². The summed E-state index contributed by atoms with van der Waals surface area (Å²) in [6.07, 6.45) is 2.88. The van der Waals surface area contributed by atoms with Crippen LogP contribution in [0.2, 0.25) is 5.02 Å². The summed E-state index contributed by atoms with van der Waals surface area (Å²) in [7, 11) is 0. The van der Waals surface area contributed by atoms with Crippen LogP contribution in [0.3, 0.4) is 0 Å². The minimum absolute atomic E-state index is 0.0871. The van der Waals surface area contributed by atoms with Gasteiger partial charge < -0.3 is 5.32 Å². The van der Waals surface area contributed by atoms with Gasteiger partial charge in [0.2, 0.25) is 0 Å². The van der Waals surface area contributed by atoms with Crippen molar-refractivity contribution in [3.63, 3.8) is 0 Å². The van der Waals surface area contributed by atoms with Crippen molar-refractivity contribution in [1.82, 2.24) is 5.32 Å². The molecule has 3 heteroatoms. The molecule has 0 aliphatic rings.